The van der Waals surface area contributed by atoms with Crippen molar-refractivity contribution in [3.05, 3.63) is 63.7 Å². The van der Waals surface area contributed by atoms with Crippen molar-refractivity contribution in [2.24, 2.45) is 11.8 Å². The zero-order valence-corrected chi connectivity index (χ0v) is 23.1. The Hall–Kier alpha value is -1.66. The molecular weight excluding hydrogens is 618 g/mol. The number of nitrogens with one attached hydrogen (secondary N) is 1. The van der Waals surface area contributed by atoms with E-state index in [1.54, 1.807) is 30.3 Å². The standard InChI is InChI=1S/C23H27F3INO5S2/c1-18(2)20(8-7-17-28-34(29,30)22-13-11-19(3)12-14-22)15-16-27(21-9-5-4-6-10-21)33-35(31,32)23(24,25)26/h4-6,9-14,18,20,28H,7-8,17H2,1-3H3. The number of benzene rings is 2. The Labute approximate surface area is 212 Å². The van der Waals surface area contributed by atoms with Crippen LogP contribution in [0.15, 0.2) is 59.5 Å². The van der Waals surface area contributed by atoms with Crippen molar-refractivity contribution in [3.63, 3.8) is 0 Å². The van der Waals surface area contributed by atoms with Crippen molar-refractivity contribution >= 4 is 40.4 Å². The minimum absolute atomic E-state index is 0.00363. The maximum atomic E-state index is 12.9. The van der Waals surface area contributed by atoms with Gasteiger partial charge in [-0.1, -0.05) is 0 Å². The number of aryl methyl sites for hydroxylation is 1. The second-order valence-corrected chi connectivity index (χ2v) is 15.5. The van der Waals surface area contributed by atoms with Crippen LogP contribution in [0, 0.1) is 32.2 Å². The molecule has 1 unspecified atom stereocenters. The molecule has 0 bridgehead atoms. The van der Waals surface area contributed by atoms with Crippen molar-refractivity contribution in [1.29, 1.82) is 0 Å². The predicted octanol–water partition coefficient (Wildman–Crippen LogP) is 5.44. The summed E-state index contributed by atoms with van der Waals surface area (Å²) in [4.78, 5) is 0.156. The molecule has 35 heavy (non-hydrogen) atoms. The first-order chi connectivity index (χ1) is 16.2. The first-order valence-electron chi connectivity index (χ1n) is 10.6. The first-order valence-corrected chi connectivity index (χ1v) is 16.5. The first kappa shape index (κ1) is 29.6. The molecule has 0 aromatic heterocycles. The average Bonchev–Trinajstić information content (AvgIpc) is 2.77. The van der Waals surface area contributed by atoms with Gasteiger partial charge in [-0.25, -0.2) is 0 Å². The number of hydrogen-bond acceptors (Lipinski definition) is 5. The molecule has 0 saturated carbocycles. The van der Waals surface area contributed by atoms with Gasteiger partial charge < -0.3 is 0 Å². The van der Waals surface area contributed by atoms with Gasteiger partial charge in [0.2, 0.25) is 0 Å². The molecule has 194 valence electrons. The molecule has 0 amide bonds. The molecule has 0 heterocycles. The van der Waals surface area contributed by atoms with E-state index in [4.69, 9.17) is 0 Å². The second kappa shape index (κ2) is 12.5. The normalized spacial score (nSPS) is 13.7. The molecule has 2 aromatic carbocycles. The SMILES string of the molecule is Cc1ccc(S(=O)(=O)NCCCC(C#CI(OS(=O)(=O)C(F)(F)F)c2ccccc2)C(C)C)cc1. The monoisotopic (exact) mass is 645 g/mol. The van der Waals surface area contributed by atoms with Gasteiger partial charge in [0.1, 0.15) is 0 Å². The molecule has 0 fully saturated rings. The molecule has 1 N–H and O–H groups in total. The Morgan fingerprint density at radius 3 is 2.14 bits per heavy atom. The minimum atomic E-state index is -5.79. The summed E-state index contributed by atoms with van der Waals surface area (Å²) in [6, 6.07) is 14.2. The van der Waals surface area contributed by atoms with Gasteiger partial charge in [-0.15, -0.1) is 0 Å². The molecule has 1 atom stereocenters. The van der Waals surface area contributed by atoms with Gasteiger partial charge in [0, 0.05) is 0 Å². The van der Waals surface area contributed by atoms with Gasteiger partial charge >= 0.3 is 207 Å². The van der Waals surface area contributed by atoms with E-state index in [2.05, 4.69) is 17.1 Å². The van der Waals surface area contributed by atoms with E-state index >= 15 is 0 Å². The summed E-state index contributed by atoms with van der Waals surface area (Å²) in [5, 5.41) is 0. The third-order valence-corrected chi connectivity index (χ3v) is 12.3. The van der Waals surface area contributed by atoms with E-state index in [1.807, 2.05) is 20.8 Å². The van der Waals surface area contributed by atoms with E-state index in [1.165, 1.54) is 24.3 Å². The molecule has 0 aliphatic rings. The van der Waals surface area contributed by atoms with Crippen molar-refractivity contribution in [3.8, 4) is 9.85 Å². The Balaban J connectivity index is 2.11. The summed E-state index contributed by atoms with van der Waals surface area (Å²) < 4.78 is 96.9. The quantitative estimate of drug-likeness (QED) is 0.161. The fraction of sp³-hybridized carbons (Fsp3) is 0.391. The molecule has 12 heteroatoms. The third kappa shape index (κ3) is 9.05. The van der Waals surface area contributed by atoms with Crippen molar-refractivity contribution in [2.75, 3.05) is 6.54 Å². The molecule has 0 spiro atoms. The Bertz CT molecular complexity index is 1240. The van der Waals surface area contributed by atoms with Crippen molar-refractivity contribution in [2.45, 2.75) is 44.0 Å². The van der Waals surface area contributed by atoms with Gasteiger partial charge in [0.05, 0.1) is 0 Å². The number of hydrogen-bond donors (Lipinski definition) is 1. The summed E-state index contributed by atoms with van der Waals surface area (Å²) >= 11 is -3.52. The number of alkyl halides is 3. The fourth-order valence-electron chi connectivity index (χ4n) is 2.78. The van der Waals surface area contributed by atoms with Crippen LogP contribution in [0.2, 0.25) is 0 Å². The summed E-state index contributed by atoms with van der Waals surface area (Å²) in [5.74, 6) is 2.62. The van der Waals surface area contributed by atoms with Gasteiger partial charge in [0.15, 0.2) is 0 Å². The van der Waals surface area contributed by atoms with Crippen LogP contribution in [0.1, 0.15) is 32.3 Å². The summed E-state index contributed by atoms with van der Waals surface area (Å²) in [5.41, 5.74) is -4.60. The predicted molar refractivity (Wildman–Crippen MR) is 137 cm³/mol. The number of halogens is 4. The maximum absolute atomic E-state index is 12.9. The zero-order valence-electron chi connectivity index (χ0n) is 19.3. The van der Waals surface area contributed by atoms with Gasteiger partial charge in [-0.2, -0.15) is 0 Å². The van der Waals surface area contributed by atoms with Crippen LogP contribution in [0.3, 0.4) is 0 Å². The van der Waals surface area contributed by atoms with E-state index in [-0.39, 0.29) is 23.3 Å². The van der Waals surface area contributed by atoms with Gasteiger partial charge in [0.25, 0.3) is 0 Å². The van der Waals surface area contributed by atoms with Gasteiger partial charge in [-0.05, 0) is 6.92 Å². The molecule has 0 saturated heterocycles. The summed E-state index contributed by atoms with van der Waals surface area (Å²) in [7, 11) is -9.45. The van der Waals surface area contributed by atoms with E-state index < -0.39 is 45.9 Å². The molecule has 0 aliphatic heterocycles. The topological polar surface area (TPSA) is 89.5 Å². The zero-order chi connectivity index (χ0) is 26.3. The third-order valence-electron chi connectivity index (χ3n) is 4.81. The Morgan fingerprint density at radius 1 is 1.00 bits per heavy atom. The second-order valence-electron chi connectivity index (χ2n) is 7.95. The van der Waals surface area contributed by atoms with Crippen molar-refractivity contribution < 1.29 is 32.5 Å². The van der Waals surface area contributed by atoms with E-state index in [9.17, 15) is 30.0 Å². The number of rotatable bonds is 10. The van der Waals surface area contributed by atoms with Crippen LogP contribution >= 0.6 is 20.2 Å². The van der Waals surface area contributed by atoms with Crippen molar-refractivity contribution in [1.82, 2.24) is 4.72 Å². The van der Waals surface area contributed by atoms with Gasteiger partial charge in [-0.3, -0.25) is 0 Å². The molecule has 2 rings (SSSR count). The Kier molecular flexibility index (Phi) is 10.6. The molecule has 6 nitrogen and oxygen atoms in total. The van der Waals surface area contributed by atoms with Crippen LogP contribution in [0.25, 0.3) is 0 Å². The van der Waals surface area contributed by atoms with Crippen LogP contribution in [0.4, 0.5) is 13.2 Å². The average molecular weight is 646 g/mol. The van der Waals surface area contributed by atoms with E-state index in [0.29, 0.717) is 16.4 Å². The fourth-order valence-corrected chi connectivity index (χ4v) is 9.18. The summed E-state index contributed by atoms with van der Waals surface area (Å²) in [6.45, 7) is 5.77. The molecule has 2 aromatic rings. The molecule has 0 aliphatic carbocycles. The van der Waals surface area contributed by atoms with E-state index in [0.717, 1.165) is 5.56 Å². The summed E-state index contributed by atoms with van der Waals surface area (Å²) in [6.07, 6.45) is 0.899. The molecular formula is C23H27F3INO5S2. The molecule has 0 radical (unpaired) electrons. The van der Waals surface area contributed by atoms with Crippen LogP contribution in [-0.4, -0.2) is 28.9 Å². The van der Waals surface area contributed by atoms with Crippen LogP contribution in [0.5, 0.6) is 0 Å². The Morgan fingerprint density at radius 2 is 1.60 bits per heavy atom. The van der Waals surface area contributed by atoms with Crippen LogP contribution < -0.4 is 4.72 Å². The van der Waals surface area contributed by atoms with Crippen LogP contribution in [-0.2, 0) is 22.7 Å². The number of sulfonamides is 1.